The van der Waals surface area contributed by atoms with Gasteiger partial charge in [-0.3, -0.25) is 24.1 Å². The molecule has 0 unspecified atom stereocenters. The standard InChI is InChI=1S/C27H23N3O5S/c1-18-10-12-21(13-11-18)29-25(32)17-35-22-9-5-6-19(14-22)15-23-26(33)30(27(34)36-23)16-24(31)28-20-7-3-2-4-8-20/h2-15H,16-17H2,1H3,(H,28,31)(H,29,32)/b23-15-. The molecule has 182 valence electrons. The number of nitrogens with zero attached hydrogens (tertiary/aromatic N) is 1. The molecule has 1 fully saturated rings. The molecule has 0 saturated carbocycles. The molecular weight excluding hydrogens is 478 g/mol. The van der Waals surface area contributed by atoms with Crippen molar-refractivity contribution in [1.82, 2.24) is 4.90 Å². The van der Waals surface area contributed by atoms with Gasteiger partial charge in [0.2, 0.25) is 5.91 Å². The summed E-state index contributed by atoms with van der Waals surface area (Å²) in [4.78, 5) is 50.7. The van der Waals surface area contributed by atoms with Crippen LogP contribution in [0.5, 0.6) is 5.75 Å². The van der Waals surface area contributed by atoms with Gasteiger partial charge in [0, 0.05) is 11.4 Å². The average molecular weight is 502 g/mol. The Bertz CT molecular complexity index is 1320. The van der Waals surface area contributed by atoms with Crippen LogP contribution in [0.2, 0.25) is 0 Å². The number of para-hydroxylation sites is 1. The Labute approximate surface area is 212 Å². The summed E-state index contributed by atoms with van der Waals surface area (Å²) in [5.74, 6) is -0.885. The third-order valence-electron chi connectivity index (χ3n) is 5.09. The number of hydrogen-bond donors (Lipinski definition) is 2. The number of anilines is 2. The highest BCUT2D eigenvalue weighted by Gasteiger charge is 2.36. The first-order valence-corrected chi connectivity index (χ1v) is 11.9. The van der Waals surface area contributed by atoms with Crippen molar-refractivity contribution in [3.63, 3.8) is 0 Å². The maximum absolute atomic E-state index is 12.8. The van der Waals surface area contributed by atoms with Crippen LogP contribution >= 0.6 is 11.8 Å². The van der Waals surface area contributed by atoms with E-state index in [1.54, 1.807) is 54.6 Å². The van der Waals surface area contributed by atoms with Gasteiger partial charge >= 0.3 is 0 Å². The quantitative estimate of drug-likeness (QED) is 0.434. The summed E-state index contributed by atoms with van der Waals surface area (Å²) in [5.41, 5.74) is 2.96. The van der Waals surface area contributed by atoms with E-state index in [2.05, 4.69) is 10.6 Å². The summed E-state index contributed by atoms with van der Waals surface area (Å²) in [6.45, 7) is 1.39. The number of carbonyl (C=O) groups excluding carboxylic acids is 4. The molecule has 36 heavy (non-hydrogen) atoms. The molecule has 1 aliphatic heterocycles. The van der Waals surface area contributed by atoms with E-state index in [0.29, 0.717) is 22.7 Å². The molecular formula is C27H23N3O5S. The fourth-order valence-electron chi connectivity index (χ4n) is 3.33. The van der Waals surface area contributed by atoms with Crippen LogP contribution in [0.1, 0.15) is 11.1 Å². The second-order valence-electron chi connectivity index (χ2n) is 7.96. The van der Waals surface area contributed by atoms with Gasteiger partial charge in [0.25, 0.3) is 17.1 Å². The largest absolute Gasteiger partial charge is 0.484 e. The van der Waals surface area contributed by atoms with E-state index in [1.165, 1.54) is 0 Å². The Morgan fingerprint density at radius 1 is 0.889 bits per heavy atom. The van der Waals surface area contributed by atoms with Gasteiger partial charge in [-0.05, 0) is 66.7 Å². The van der Waals surface area contributed by atoms with Gasteiger partial charge in [-0.15, -0.1) is 0 Å². The van der Waals surface area contributed by atoms with Crippen LogP contribution in [0.15, 0.2) is 83.8 Å². The zero-order chi connectivity index (χ0) is 25.5. The third-order valence-corrected chi connectivity index (χ3v) is 6.00. The lowest BCUT2D eigenvalue weighted by atomic mass is 10.2. The molecule has 0 atom stereocenters. The van der Waals surface area contributed by atoms with Crippen molar-refractivity contribution in [2.24, 2.45) is 0 Å². The number of ether oxygens (including phenoxy) is 1. The molecule has 8 nitrogen and oxygen atoms in total. The zero-order valence-electron chi connectivity index (χ0n) is 19.4. The number of carbonyl (C=O) groups is 4. The predicted molar refractivity (Wildman–Crippen MR) is 139 cm³/mol. The molecule has 1 heterocycles. The van der Waals surface area contributed by atoms with Crippen molar-refractivity contribution >= 4 is 52.2 Å². The highest BCUT2D eigenvalue weighted by Crippen LogP contribution is 2.32. The monoisotopic (exact) mass is 501 g/mol. The van der Waals surface area contributed by atoms with Crippen molar-refractivity contribution in [2.75, 3.05) is 23.8 Å². The summed E-state index contributed by atoms with van der Waals surface area (Å²) < 4.78 is 5.58. The van der Waals surface area contributed by atoms with Gasteiger partial charge in [-0.1, -0.05) is 48.0 Å². The number of nitrogens with one attached hydrogen (secondary N) is 2. The average Bonchev–Trinajstić information content (AvgIpc) is 3.12. The van der Waals surface area contributed by atoms with Gasteiger partial charge < -0.3 is 15.4 Å². The Balaban J connectivity index is 1.34. The number of aryl methyl sites for hydroxylation is 1. The minimum Gasteiger partial charge on any atom is -0.484 e. The van der Waals surface area contributed by atoms with Crippen molar-refractivity contribution in [1.29, 1.82) is 0 Å². The topological polar surface area (TPSA) is 105 Å². The van der Waals surface area contributed by atoms with E-state index in [0.717, 1.165) is 22.2 Å². The first-order chi connectivity index (χ1) is 17.4. The van der Waals surface area contributed by atoms with Crippen LogP contribution in [-0.2, 0) is 14.4 Å². The molecule has 9 heteroatoms. The second kappa shape index (κ2) is 11.4. The van der Waals surface area contributed by atoms with E-state index in [9.17, 15) is 19.2 Å². The second-order valence-corrected chi connectivity index (χ2v) is 8.95. The lowest BCUT2D eigenvalue weighted by Crippen LogP contribution is -2.36. The van der Waals surface area contributed by atoms with Gasteiger partial charge in [-0.25, -0.2) is 0 Å². The summed E-state index contributed by atoms with van der Waals surface area (Å²) >= 11 is 0.765. The Morgan fingerprint density at radius 3 is 2.33 bits per heavy atom. The van der Waals surface area contributed by atoms with E-state index in [-0.39, 0.29) is 24.0 Å². The van der Waals surface area contributed by atoms with Gasteiger partial charge in [0.05, 0.1) is 4.91 Å². The van der Waals surface area contributed by atoms with Gasteiger partial charge in [0.1, 0.15) is 12.3 Å². The zero-order valence-corrected chi connectivity index (χ0v) is 20.2. The first-order valence-electron chi connectivity index (χ1n) is 11.1. The SMILES string of the molecule is Cc1ccc(NC(=O)COc2cccc(/C=C3\SC(=O)N(CC(=O)Nc4ccccc4)C3=O)c2)cc1. The molecule has 0 bridgehead atoms. The Hall–Kier alpha value is -4.37. The summed E-state index contributed by atoms with van der Waals surface area (Å²) in [7, 11) is 0. The Kier molecular flexibility index (Phi) is 7.82. The van der Waals surface area contributed by atoms with Crippen LogP contribution in [0.25, 0.3) is 6.08 Å². The molecule has 1 aliphatic rings. The maximum atomic E-state index is 12.8. The molecule has 4 rings (SSSR count). The molecule has 0 radical (unpaired) electrons. The van der Waals surface area contributed by atoms with E-state index >= 15 is 0 Å². The predicted octanol–water partition coefficient (Wildman–Crippen LogP) is 4.69. The molecule has 0 aliphatic carbocycles. The van der Waals surface area contributed by atoms with E-state index in [4.69, 9.17) is 4.74 Å². The molecule has 3 aromatic rings. The summed E-state index contributed by atoms with van der Waals surface area (Å²) in [5, 5.41) is 4.90. The van der Waals surface area contributed by atoms with Crippen LogP contribution in [0, 0.1) is 6.92 Å². The highest BCUT2D eigenvalue weighted by molar-refractivity contribution is 8.18. The minimum absolute atomic E-state index is 0.190. The van der Waals surface area contributed by atoms with E-state index in [1.807, 2.05) is 37.3 Å². The maximum Gasteiger partial charge on any atom is 0.294 e. The van der Waals surface area contributed by atoms with Crippen LogP contribution in [-0.4, -0.2) is 41.0 Å². The molecule has 4 amide bonds. The van der Waals surface area contributed by atoms with Crippen LogP contribution < -0.4 is 15.4 Å². The Morgan fingerprint density at radius 2 is 1.58 bits per heavy atom. The van der Waals surface area contributed by atoms with Crippen molar-refractivity contribution in [3.8, 4) is 5.75 Å². The number of benzene rings is 3. The van der Waals surface area contributed by atoms with Crippen LogP contribution in [0.4, 0.5) is 16.2 Å². The lowest BCUT2D eigenvalue weighted by Gasteiger charge is -2.12. The minimum atomic E-state index is -0.544. The number of hydrogen-bond acceptors (Lipinski definition) is 6. The van der Waals surface area contributed by atoms with Crippen molar-refractivity contribution in [3.05, 3.63) is 94.9 Å². The first kappa shape index (κ1) is 24.7. The number of rotatable bonds is 8. The smallest absolute Gasteiger partial charge is 0.294 e. The fourth-order valence-corrected chi connectivity index (χ4v) is 4.17. The van der Waals surface area contributed by atoms with Gasteiger partial charge in [0.15, 0.2) is 6.61 Å². The molecule has 2 N–H and O–H groups in total. The summed E-state index contributed by atoms with van der Waals surface area (Å²) in [6, 6.07) is 23.0. The molecule has 0 spiro atoms. The fraction of sp³-hybridized carbons (Fsp3) is 0.111. The molecule has 1 saturated heterocycles. The third kappa shape index (κ3) is 6.61. The molecule has 3 aromatic carbocycles. The number of imide groups is 1. The summed E-state index contributed by atoms with van der Waals surface area (Å²) in [6.07, 6.45) is 1.55. The van der Waals surface area contributed by atoms with Crippen molar-refractivity contribution in [2.45, 2.75) is 6.92 Å². The number of amides is 4. The van der Waals surface area contributed by atoms with Crippen LogP contribution in [0.3, 0.4) is 0 Å². The van der Waals surface area contributed by atoms with E-state index < -0.39 is 17.1 Å². The number of thioether (sulfide) groups is 1. The highest BCUT2D eigenvalue weighted by atomic mass is 32.2. The van der Waals surface area contributed by atoms with Crippen molar-refractivity contribution < 1.29 is 23.9 Å². The normalized spacial score (nSPS) is 14.1. The lowest BCUT2D eigenvalue weighted by molar-refractivity contribution is -0.127. The van der Waals surface area contributed by atoms with Gasteiger partial charge in [-0.2, -0.15) is 0 Å². The molecule has 0 aromatic heterocycles.